The molecule has 1 saturated heterocycles. The van der Waals surface area contributed by atoms with Crippen molar-refractivity contribution in [2.24, 2.45) is 0 Å². The zero-order chi connectivity index (χ0) is 7.78. The number of carboxylic acids is 1. The molecule has 0 aromatic heterocycles. The molecule has 1 rings (SSSR count). The van der Waals surface area contributed by atoms with Crippen LogP contribution in [0.2, 0.25) is 0 Å². The van der Waals surface area contributed by atoms with E-state index in [4.69, 9.17) is 11.6 Å². The molecular formula is C5H9NO3. The van der Waals surface area contributed by atoms with Crippen molar-refractivity contribution in [3.63, 3.8) is 0 Å². The van der Waals surface area contributed by atoms with Crippen molar-refractivity contribution in [3.05, 3.63) is 0 Å². The summed E-state index contributed by atoms with van der Waals surface area (Å²) in [6.07, 6.45) is -1.25. The van der Waals surface area contributed by atoms with Crippen molar-refractivity contribution in [2.45, 2.75) is 25.1 Å². The normalized spacial score (nSPS) is 44.6. The largest absolute Gasteiger partial charge is 0.480 e. The van der Waals surface area contributed by atoms with Gasteiger partial charge in [0.2, 0.25) is 0 Å². The van der Waals surface area contributed by atoms with E-state index in [2.05, 4.69) is 5.32 Å². The van der Waals surface area contributed by atoms with Crippen LogP contribution in [0.3, 0.4) is 0 Å². The van der Waals surface area contributed by atoms with Crippen LogP contribution >= 0.6 is 0 Å². The van der Waals surface area contributed by atoms with E-state index in [1.54, 1.807) is 0 Å². The van der Waals surface area contributed by atoms with Gasteiger partial charge in [-0.05, 0) is 12.8 Å². The number of hydrogen-bond acceptors (Lipinski definition) is 3. The average molecular weight is 132 g/mol. The SMILES string of the molecule is [2H]C1(O)CC[C@@H](C(=O)O)N1. The van der Waals surface area contributed by atoms with E-state index < -0.39 is 18.2 Å². The van der Waals surface area contributed by atoms with Crippen LogP contribution in [0.1, 0.15) is 14.2 Å². The Bertz CT molecular complexity index is 159. The summed E-state index contributed by atoms with van der Waals surface area (Å²) in [5.41, 5.74) is 0. The zero-order valence-corrected chi connectivity index (χ0v) is 4.79. The molecule has 0 saturated carbocycles. The molecule has 0 aliphatic carbocycles. The van der Waals surface area contributed by atoms with E-state index in [0.717, 1.165) is 0 Å². The Balaban J connectivity index is 2.51. The van der Waals surface area contributed by atoms with Gasteiger partial charge >= 0.3 is 5.97 Å². The maximum absolute atomic E-state index is 10.2. The second kappa shape index (κ2) is 2.33. The summed E-state index contributed by atoms with van der Waals surface area (Å²) in [5.74, 6) is -1.01. The van der Waals surface area contributed by atoms with E-state index in [1.807, 2.05) is 0 Å². The first-order valence-electron chi connectivity index (χ1n) is 3.24. The van der Waals surface area contributed by atoms with E-state index in [-0.39, 0.29) is 6.42 Å². The summed E-state index contributed by atoms with van der Waals surface area (Å²) >= 11 is 0. The van der Waals surface area contributed by atoms with Crippen LogP contribution in [0, 0.1) is 0 Å². The third-order valence-electron chi connectivity index (χ3n) is 1.31. The van der Waals surface area contributed by atoms with Gasteiger partial charge in [-0.1, -0.05) is 0 Å². The molecule has 0 aromatic rings. The van der Waals surface area contributed by atoms with Crippen LogP contribution in [0.25, 0.3) is 0 Å². The number of carboxylic acid groups (broad SMARTS) is 1. The standard InChI is InChI=1S/C5H9NO3/c7-4-2-1-3(6-4)5(8)9/h3-4,6-7H,1-2H2,(H,8,9)/t3-,4?/m0/s1/i4D. The van der Waals surface area contributed by atoms with Crippen molar-refractivity contribution < 1.29 is 16.4 Å². The Kier molecular flexibility index (Phi) is 1.34. The predicted molar refractivity (Wildman–Crippen MR) is 29.8 cm³/mol. The molecule has 52 valence electrons. The van der Waals surface area contributed by atoms with Gasteiger partial charge in [0.15, 0.2) is 0 Å². The average Bonchev–Trinajstić information content (AvgIpc) is 2.10. The molecule has 1 aliphatic heterocycles. The zero-order valence-electron chi connectivity index (χ0n) is 5.79. The lowest BCUT2D eigenvalue weighted by Gasteiger charge is -2.03. The summed E-state index contributed by atoms with van der Waals surface area (Å²) in [6, 6.07) is -0.762. The highest BCUT2D eigenvalue weighted by Crippen LogP contribution is 2.09. The first-order chi connectivity index (χ1) is 4.51. The molecule has 1 heterocycles. The number of aliphatic hydroxyl groups is 1. The highest BCUT2D eigenvalue weighted by Gasteiger charge is 2.26. The molecule has 9 heavy (non-hydrogen) atoms. The summed E-state index contributed by atoms with van der Waals surface area (Å²) in [4.78, 5) is 10.2. The topological polar surface area (TPSA) is 69.6 Å². The van der Waals surface area contributed by atoms with Crippen molar-refractivity contribution in [1.82, 2.24) is 5.32 Å². The molecule has 2 atom stereocenters. The van der Waals surface area contributed by atoms with E-state index in [1.165, 1.54) is 0 Å². The van der Waals surface area contributed by atoms with Crippen LogP contribution in [-0.2, 0) is 4.79 Å². The second-order valence-corrected chi connectivity index (χ2v) is 2.02. The first-order valence-corrected chi connectivity index (χ1v) is 2.74. The van der Waals surface area contributed by atoms with E-state index in [0.29, 0.717) is 6.42 Å². The van der Waals surface area contributed by atoms with Gasteiger partial charge in [0.25, 0.3) is 0 Å². The van der Waals surface area contributed by atoms with E-state index >= 15 is 0 Å². The summed E-state index contributed by atoms with van der Waals surface area (Å²) in [7, 11) is 0. The van der Waals surface area contributed by atoms with Gasteiger partial charge in [-0.25, -0.2) is 0 Å². The molecule has 0 spiro atoms. The van der Waals surface area contributed by atoms with Gasteiger partial charge in [-0.2, -0.15) is 0 Å². The van der Waals surface area contributed by atoms with Crippen LogP contribution in [0.4, 0.5) is 0 Å². The smallest absolute Gasteiger partial charge is 0.320 e. The van der Waals surface area contributed by atoms with Crippen LogP contribution < -0.4 is 5.32 Å². The van der Waals surface area contributed by atoms with Crippen LogP contribution in [0.15, 0.2) is 0 Å². The van der Waals surface area contributed by atoms with Gasteiger partial charge < -0.3 is 10.2 Å². The molecule has 0 radical (unpaired) electrons. The van der Waals surface area contributed by atoms with Crippen molar-refractivity contribution in [2.75, 3.05) is 0 Å². The Hall–Kier alpha value is -0.610. The fourth-order valence-electron chi connectivity index (χ4n) is 0.812. The minimum absolute atomic E-state index is 0.171. The molecule has 4 heteroatoms. The lowest BCUT2D eigenvalue weighted by molar-refractivity contribution is -0.139. The van der Waals surface area contributed by atoms with Crippen LogP contribution in [-0.4, -0.2) is 28.4 Å². The van der Waals surface area contributed by atoms with Crippen molar-refractivity contribution in [1.29, 1.82) is 0 Å². The third kappa shape index (κ3) is 1.40. The molecule has 0 amide bonds. The minimum atomic E-state index is -1.73. The number of aliphatic carboxylic acids is 1. The predicted octanol–water partition coefficient (Wildman–Crippen LogP) is -0.859. The lowest BCUT2D eigenvalue weighted by atomic mass is 10.2. The molecule has 1 fully saturated rings. The molecule has 3 N–H and O–H groups in total. The highest BCUT2D eigenvalue weighted by molar-refractivity contribution is 5.73. The third-order valence-corrected chi connectivity index (χ3v) is 1.31. The Labute approximate surface area is 53.9 Å². The lowest BCUT2D eigenvalue weighted by Crippen LogP contribution is -2.34. The molecule has 0 bridgehead atoms. The van der Waals surface area contributed by atoms with Gasteiger partial charge in [0, 0.05) is 0 Å². The maximum Gasteiger partial charge on any atom is 0.320 e. The second-order valence-electron chi connectivity index (χ2n) is 2.02. The summed E-state index contributed by atoms with van der Waals surface area (Å²) in [6.45, 7) is 0. The number of carbonyl (C=O) groups is 1. The fraction of sp³-hybridized carbons (Fsp3) is 0.800. The highest BCUT2D eigenvalue weighted by atomic mass is 16.4. The Morgan fingerprint density at radius 2 is 2.44 bits per heavy atom. The fourth-order valence-corrected chi connectivity index (χ4v) is 0.812. The monoisotopic (exact) mass is 132 g/mol. The maximum atomic E-state index is 10.2. The molecule has 1 aliphatic rings. The van der Waals surface area contributed by atoms with Gasteiger partial charge in [0.1, 0.15) is 12.2 Å². The van der Waals surface area contributed by atoms with Crippen molar-refractivity contribution >= 4 is 5.97 Å². The van der Waals surface area contributed by atoms with E-state index in [9.17, 15) is 4.79 Å². The Morgan fingerprint density at radius 3 is 2.67 bits per heavy atom. The molecule has 0 aromatic carbocycles. The quantitative estimate of drug-likeness (QED) is 0.434. The summed E-state index contributed by atoms with van der Waals surface area (Å²) in [5, 5.41) is 19.5. The van der Waals surface area contributed by atoms with Crippen LogP contribution in [0.5, 0.6) is 0 Å². The van der Waals surface area contributed by atoms with Crippen molar-refractivity contribution in [3.8, 4) is 0 Å². The summed E-state index contributed by atoms with van der Waals surface area (Å²) < 4.78 is 6.99. The minimum Gasteiger partial charge on any atom is -0.480 e. The molecule has 1 unspecified atom stereocenters. The van der Waals surface area contributed by atoms with Gasteiger partial charge in [-0.15, -0.1) is 0 Å². The first kappa shape index (κ1) is 5.20. The number of hydrogen-bond donors (Lipinski definition) is 3. The number of nitrogens with one attached hydrogen (secondary N) is 1. The molecular weight excluding hydrogens is 122 g/mol. The Morgan fingerprint density at radius 1 is 1.78 bits per heavy atom. The van der Waals surface area contributed by atoms with Gasteiger partial charge in [-0.3, -0.25) is 10.1 Å². The number of rotatable bonds is 1. The van der Waals surface area contributed by atoms with Gasteiger partial charge in [0.05, 0.1) is 1.37 Å². The molecule has 4 nitrogen and oxygen atoms in total.